The molecule has 1 heterocycles. The summed E-state index contributed by atoms with van der Waals surface area (Å²) in [5.74, 6) is 2.76. The maximum absolute atomic E-state index is 6.35. The first-order valence-electron chi connectivity index (χ1n) is 9.52. The molecule has 1 spiro atoms. The second kappa shape index (κ2) is 7.42. The number of hydrogen-bond acceptors (Lipinski definition) is 7. The predicted molar refractivity (Wildman–Crippen MR) is 111 cm³/mol. The number of nitrogens with zero attached hydrogens (tertiary/aromatic N) is 3. The molecule has 2 aromatic carbocycles. The Morgan fingerprint density at radius 1 is 0.929 bits per heavy atom. The number of hydrogen-bond donors (Lipinski definition) is 2. The third-order valence-electron chi connectivity index (χ3n) is 5.24. The maximum atomic E-state index is 6.35. The van der Waals surface area contributed by atoms with Crippen LogP contribution in [-0.2, 0) is 0 Å². The van der Waals surface area contributed by atoms with E-state index in [0.29, 0.717) is 17.5 Å². The Bertz CT molecular complexity index is 901. The van der Waals surface area contributed by atoms with Crippen LogP contribution in [-0.4, -0.2) is 24.7 Å². The van der Waals surface area contributed by atoms with Crippen LogP contribution in [0, 0.1) is 0 Å². The molecule has 1 saturated carbocycles. The Morgan fingerprint density at radius 2 is 1.61 bits per heavy atom. The number of ether oxygens (including phenoxy) is 2. The largest absolute Gasteiger partial charge is 0.497 e. The van der Waals surface area contributed by atoms with E-state index in [-0.39, 0.29) is 5.96 Å². The highest BCUT2D eigenvalue weighted by atomic mass is 16.5. The van der Waals surface area contributed by atoms with Crippen molar-refractivity contribution in [3.8, 4) is 17.2 Å². The zero-order valence-electron chi connectivity index (χ0n) is 16.0. The molecule has 1 fully saturated rings. The van der Waals surface area contributed by atoms with Gasteiger partial charge in [0.15, 0.2) is 5.75 Å². The third kappa shape index (κ3) is 3.35. The van der Waals surface area contributed by atoms with E-state index in [1.165, 1.54) is 6.42 Å². The second-order valence-corrected chi connectivity index (χ2v) is 7.06. The average molecular weight is 379 g/mol. The molecule has 0 radical (unpaired) electrons. The first-order chi connectivity index (χ1) is 13.6. The summed E-state index contributed by atoms with van der Waals surface area (Å²) >= 11 is 0. The van der Waals surface area contributed by atoms with E-state index >= 15 is 0 Å². The van der Waals surface area contributed by atoms with Gasteiger partial charge in [0.05, 0.1) is 12.8 Å². The average Bonchev–Trinajstić information content (AvgIpc) is 2.70. The van der Waals surface area contributed by atoms with Gasteiger partial charge in [0.1, 0.15) is 17.2 Å². The van der Waals surface area contributed by atoms with Crippen LogP contribution >= 0.6 is 0 Å². The van der Waals surface area contributed by atoms with Crippen LogP contribution in [0.5, 0.6) is 17.2 Å². The fourth-order valence-electron chi connectivity index (χ4n) is 3.97. The van der Waals surface area contributed by atoms with Crippen LogP contribution in [0.4, 0.5) is 5.69 Å². The van der Waals surface area contributed by atoms with Crippen LogP contribution in [0.25, 0.3) is 0 Å². The summed E-state index contributed by atoms with van der Waals surface area (Å²) in [5.41, 5.74) is 12.6. The number of anilines is 1. The Kier molecular flexibility index (Phi) is 4.81. The van der Waals surface area contributed by atoms with Crippen molar-refractivity contribution in [1.29, 1.82) is 0 Å². The van der Waals surface area contributed by atoms with Crippen molar-refractivity contribution in [3.05, 3.63) is 48.5 Å². The van der Waals surface area contributed by atoms with E-state index in [0.717, 1.165) is 37.1 Å². The predicted octanol–water partition coefficient (Wildman–Crippen LogP) is 3.60. The maximum Gasteiger partial charge on any atom is 0.220 e. The SMILES string of the molecule is COc1ccc(Oc2ccccc2N2C(N)=NC(N)=NC23CCCCC3)cc1. The molecule has 0 atom stereocenters. The molecule has 1 aliphatic carbocycles. The minimum absolute atomic E-state index is 0.240. The first kappa shape index (κ1) is 18.2. The lowest BCUT2D eigenvalue weighted by Crippen LogP contribution is -2.58. The summed E-state index contributed by atoms with van der Waals surface area (Å²) in [4.78, 5) is 11.0. The summed E-state index contributed by atoms with van der Waals surface area (Å²) in [5, 5.41) is 0. The molecular weight excluding hydrogens is 354 g/mol. The zero-order valence-corrected chi connectivity index (χ0v) is 16.0. The van der Waals surface area contributed by atoms with Gasteiger partial charge in [-0.05, 0) is 62.1 Å². The quantitative estimate of drug-likeness (QED) is 0.846. The molecule has 0 saturated heterocycles. The Balaban J connectivity index is 1.72. The number of guanidine groups is 2. The molecule has 7 heteroatoms. The van der Waals surface area contributed by atoms with E-state index < -0.39 is 5.66 Å². The molecule has 0 bridgehead atoms. The minimum atomic E-state index is -0.506. The Labute approximate surface area is 164 Å². The number of benzene rings is 2. The third-order valence-corrected chi connectivity index (χ3v) is 5.24. The molecule has 2 aliphatic rings. The van der Waals surface area contributed by atoms with Crippen molar-refractivity contribution in [2.24, 2.45) is 21.5 Å². The topological polar surface area (TPSA) is 98.5 Å². The molecule has 2 aromatic rings. The van der Waals surface area contributed by atoms with Crippen LogP contribution in [0.3, 0.4) is 0 Å². The second-order valence-electron chi connectivity index (χ2n) is 7.06. The fourth-order valence-corrected chi connectivity index (χ4v) is 3.97. The normalized spacial score (nSPS) is 18.4. The molecule has 4 N–H and O–H groups in total. The van der Waals surface area contributed by atoms with E-state index in [2.05, 4.69) is 4.99 Å². The molecule has 0 aromatic heterocycles. The highest BCUT2D eigenvalue weighted by Gasteiger charge is 2.43. The van der Waals surface area contributed by atoms with Gasteiger partial charge >= 0.3 is 0 Å². The smallest absolute Gasteiger partial charge is 0.220 e. The van der Waals surface area contributed by atoms with Gasteiger partial charge in [-0.2, -0.15) is 4.99 Å². The summed E-state index contributed by atoms with van der Waals surface area (Å²) < 4.78 is 11.4. The van der Waals surface area contributed by atoms with Crippen molar-refractivity contribution in [3.63, 3.8) is 0 Å². The summed E-state index contributed by atoms with van der Waals surface area (Å²) in [6, 6.07) is 15.3. The van der Waals surface area contributed by atoms with Crippen molar-refractivity contribution < 1.29 is 9.47 Å². The van der Waals surface area contributed by atoms with Crippen LogP contribution < -0.4 is 25.8 Å². The van der Waals surface area contributed by atoms with Crippen LogP contribution in [0.2, 0.25) is 0 Å². The van der Waals surface area contributed by atoms with Gasteiger partial charge in [-0.3, -0.25) is 4.90 Å². The lowest BCUT2D eigenvalue weighted by Gasteiger charge is -2.45. The number of rotatable bonds is 4. The summed E-state index contributed by atoms with van der Waals surface area (Å²) in [7, 11) is 1.64. The van der Waals surface area contributed by atoms with Crippen LogP contribution in [0.15, 0.2) is 58.5 Å². The molecule has 146 valence electrons. The molecule has 1 aliphatic heterocycles. The van der Waals surface area contributed by atoms with E-state index in [4.69, 9.17) is 25.9 Å². The number of para-hydroxylation sites is 2. The standard InChI is InChI=1S/C21H25N5O2/c1-27-15-9-11-16(12-10-15)28-18-8-4-3-7-17(18)26-20(23)24-19(22)25-21(26)13-5-2-6-14-21/h3-4,7-12H,2,5-6,13-14H2,1H3,(H4,22,23,24,25). The molecular formula is C21H25N5O2. The number of methoxy groups -OCH3 is 1. The van der Waals surface area contributed by atoms with E-state index in [1.54, 1.807) is 7.11 Å². The highest BCUT2D eigenvalue weighted by Crippen LogP contribution is 2.43. The number of aliphatic imine (C=N–C) groups is 2. The summed E-state index contributed by atoms with van der Waals surface area (Å²) in [6.07, 6.45) is 5.08. The van der Waals surface area contributed by atoms with Crippen molar-refractivity contribution in [1.82, 2.24) is 0 Å². The molecule has 4 rings (SSSR count). The van der Waals surface area contributed by atoms with Crippen molar-refractivity contribution >= 4 is 17.6 Å². The molecule has 28 heavy (non-hydrogen) atoms. The fraction of sp³-hybridized carbons (Fsp3) is 0.333. The van der Waals surface area contributed by atoms with Gasteiger partial charge in [-0.15, -0.1) is 0 Å². The van der Waals surface area contributed by atoms with E-state index in [9.17, 15) is 0 Å². The van der Waals surface area contributed by atoms with Gasteiger partial charge in [0.2, 0.25) is 11.9 Å². The van der Waals surface area contributed by atoms with Gasteiger partial charge in [-0.25, -0.2) is 4.99 Å². The van der Waals surface area contributed by atoms with E-state index in [1.807, 2.05) is 53.4 Å². The number of nitrogens with two attached hydrogens (primary N) is 2. The monoisotopic (exact) mass is 379 g/mol. The zero-order chi connectivity index (χ0) is 19.6. The highest BCUT2D eigenvalue weighted by molar-refractivity contribution is 6.06. The molecule has 0 amide bonds. The lowest BCUT2D eigenvalue weighted by atomic mass is 9.87. The van der Waals surface area contributed by atoms with Crippen LogP contribution in [0.1, 0.15) is 32.1 Å². The van der Waals surface area contributed by atoms with Gasteiger partial charge < -0.3 is 20.9 Å². The lowest BCUT2D eigenvalue weighted by molar-refractivity contribution is 0.304. The first-order valence-corrected chi connectivity index (χ1v) is 9.52. The van der Waals surface area contributed by atoms with Crippen molar-refractivity contribution in [2.75, 3.05) is 12.0 Å². The molecule has 0 unspecified atom stereocenters. The van der Waals surface area contributed by atoms with Gasteiger partial charge in [-0.1, -0.05) is 18.6 Å². The van der Waals surface area contributed by atoms with Gasteiger partial charge in [0, 0.05) is 0 Å². The van der Waals surface area contributed by atoms with Gasteiger partial charge in [0.25, 0.3) is 0 Å². The summed E-state index contributed by atoms with van der Waals surface area (Å²) in [6.45, 7) is 0. The Morgan fingerprint density at radius 3 is 2.32 bits per heavy atom. The van der Waals surface area contributed by atoms with Crippen molar-refractivity contribution in [2.45, 2.75) is 37.8 Å². The Hall–Kier alpha value is -3.22. The minimum Gasteiger partial charge on any atom is -0.497 e. The molecule has 7 nitrogen and oxygen atoms in total.